The van der Waals surface area contributed by atoms with Gasteiger partial charge in [-0.25, -0.2) is 9.59 Å². The van der Waals surface area contributed by atoms with Gasteiger partial charge < -0.3 is 24.2 Å². The molecule has 1 N–H and O–H groups in total. The molecule has 2 fully saturated rings. The Morgan fingerprint density at radius 3 is 2.77 bits per heavy atom. The number of quaternary nitrogens is 1. The molecule has 3 aliphatic rings. The largest absolute Gasteiger partial charge is 0.797 e. The van der Waals surface area contributed by atoms with Gasteiger partial charge in [-0.15, -0.1) is 0 Å². The standard InChI is InChI=1S/C19H27NO6/c1-5-13-10-12(2)18(3,23)17(22)25-11-14-6-8-20(4)9-7-15(19(14,20)24)26-16(13)21/h5-6,12,15,23H,7-11H2,1-4H3/b13-5-/t12-,15-,18-,19?,20?/m1/s1. The Balaban J connectivity index is 2.01. The van der Waals surface area contributed by atoms with Gasteiger partial charge in [0.25, 0.3) is 0 Å². The van der Waals surface area contributed by atoms with E-state index in [1.807, 2.05) is 7.05 Å². The molecular weight excluding hydrogens is 338 g/mol. The molecule has 0 spiro atoms. The Hall–Kier alpha value is -1.70. The third kappa shape index (κ3) is 2.61. The van der Waals surface area contributed by atoms with E-state index in [-0.39, 0.29) is 17.5 Å². The monoisotopic (exact) mass is 365 g/mol. The Morgan fingerprint density at radius 2 is 2.12 bits per heavy atom. The third-order valence-corrected chi connectivity index (χ3v) is 6.44. The molecule has 0 aromatic carbocycles. The molecule has 3 aliphatic heterocycles. The normalized spacial score (nSPS) is 45.3. The van der Waals surface area contributed by atoms with Crippen LogP contribution in [0, 0.1) is 5.92 Å². The van der Waals surface area contributed by atoms with Gasteiger partial charge in [-0.1, -0.05) is 13.0 Å². The first kappa shape index (κ1) is 19.1. The fourth-order valence-corrected chi connectivity index (χ4v) is 4.19. The molecule has 0 radical (unpaired) electrons. The quantitative estimate of drug-likeness (QED) is 0.282. The number of ether oxygens (including phenoxy) is 2. The summed E-state index contributed by atoms with van der Waals surface area (Å²) in [5.41, 5.74) is -2.67. The van der Waals surface area contributed by atoms with Gasteiger partial charge in [0.15, 0.2) is 11.7 Å². The van der Waals surface area contributed by atoms with Crippen molar-refractivity contribution in [1.29, 1.82) is 0 Å². The van der Waals surface area contributed by atoms with Crippen LogP contribution in [0.5, 0.6) is 0 Å². The molecule has 3 rings (SSSR count). The van der Waals surface area contributed by atoms with Crippen molar-refractivity contribution >= 4 is 11.9 Å². The molecule has 0 aromatic rings. The molecule has 0 aliphatic carbocycles. The van der Waals surface area contributed by atoms with Crippen LogP contribution in [0.25, 0.3) is 0 Å². The minimum Gasteiger partial charge on any atom is -0.797 e. The first-order valence-electron chi connectivity index (χ1n) is 9.06. The number of cyclic esters (lactones) is 1. The van der Waals surface area contributed by atoms with E-state index in [1.54, 1.807) is 26.0 Å². The van der Waals surface area contributed by atoms with Crippen LogP contribution in [0.4, 0.5) is 0 Å². The van der Waals surface area contributed by atoms with Crippen LogP contribution >= 0.6 is 0 Å². The molecule has 2 unspecified atom stereocenters. The number of carbonyl (C=O) groups excluding carboxylic acids is 2. The van der Waals surface area contributed by atoms with Crippen LogP contribution in [0.15, 0.2) is 23.3 Å². The van der Waals surface area contributed by atoms with Crippen LogP contribution in [-0.2, 0) is 19.1 Å². The predicted molar refractivity (Wildman–Crippen MR) is 90.4 cm³/mol. The zero-order chi connectivity index (χ0) is 19.3. The molecule has 26 heavy (non-hydrogen) atoms. The maximum absolute atomic E-state index is 13.8. The van der Waals surface area contributed by atoms with Gasteiger partial charge in [-0.2, -0.15) is 0 Å². The lowest BCUT2D eigenvalue weighted by molar-refractivity contribution is -1.01. The highest BCUT2D eigenvalue weighted by molar-refractivity contribution is 5.89. The number of nitrogens with zero attached hydrogens (tertiary/aromatic N) is 1. The number of allylic oxidation sites excluding steroid dienone is 1. The lowest BCUT2D eigenvalue weighted by atomic mass is 9.85. The maximum Gasteiger partial charge on any atom is 0.338 e. The first-order chi connectivity index (χ1) is 12.1. The van der Waals surface area contributed by atoms with Crippen LogP contribution < -0.4 is 5.11 Å². The van der Waals surface area contributed by atoms with Crippen LogP contribution in [-0.4, -0.2) is 65.7 Å². The second-order valence-corrected chi connectivity index (χ2v) is 8.05. The van der Waals surface area contributed by atoms with Gasteiger partial charge in [0.05, 0.1) is 25.9 Å². The number of carbonyl (C=O) groups is 2. The Bertz CT molecular complexity index is 696. The Morgan fingerprint density at radius 1 is 1.42 bits per heavy atom. The van der Waals surface area contributed by atoms with E-state index in [4.69, 9.17) is 9.47 Å². The number of hydrogen-bond acceptors (Lipinski definition) is 6. The van der Waals surface area contributed by atoms with E-state index in [9.17, 15) is 19.8 Å². The van der Waals surface area contributed by atoms with Crippen molar-refractivity contribution in [1.82, 2.24) is 0 Å². The SMILES string of the molecule is C/C=C1/C[C@@H](C)[C@@](C)(O)C(=O)OCC2=CC[N+]3(C)CC[C@@H](OC1=O)C23[O-]. The summed E-state index contributed by atoms with van der Waals surface area (Å²) < 4.78 is 11.2. The average Bonchev–Trinajstić information content (AvgIpc) is 2.98. The molecule has 0 aromatic heterocycles. The van der Waals surface area contributed by atoms with Gasteiger partial charge in [0.2, 0.25) is 0 Å². The highest BCUT2D eigenvalue weighted by Gasteiger charge is 2.58. The number of hydrogen-bond donors (Lipinski definition) is 1. The molecule has 0 bridgehead atoms. The van der Waals surface area contributed by atoms with Crippen molar-refractivity contribution in [3.8, 4) is 0 Å². The van der Waals surface area contributed by atoms with Crippen molar-refractivity contribution in [3.63, 3.8) is 0 Å². The van der Waals surface area contributed by atoms with E-state index in [0.29, 0.717) is 30.7 Å². The highest BCUT2D eigenvalue weighted by Crippen LogP contribution is 2.43. The molecular formula is C19H27NO6. The molecule has 5 atom stereocenters. The van der Waals surface area contributed by atoms with E-state index >= 15 is 0 Å². The smallest absolute Gasteiger partial charge is 0.338 e. The summed E-state index contributed by atoms with van der Waals surface area (Å²) in [5, 5.41) is 24.4. The second kappa shape index (κ2) is 6.18. The number of esters is 2. The van der Waals surface area contributed by atoms with Gasteiger partial charge in [0, 0.05) is 17.6 Å². The highest BCUT2D eigenvalue weighted by atomic mass is 16.6. The minimum absolute atomic E-state index is 0.158. The molecule has 7 nitrogen and oxygen atoms in total. The number of aliphatic hydroxyl groups is 1. The van der Waals surface area contributed by atoms with Gasteiger partial charge >= 0.3 is 11.9 Å². The van der Waals surface area contributed by atoms with Crippen LogP contribution in [0.3, 0.4) is 0 Å². The zero-order valence-electron chi connectivity index (χ0n) is 15.8. The molecule has 7 heteroatoms. The van der Waals surface area contributed by atoms with Crippen molar-refractivity contribution in [3.05, 3.63) is 23.3 Å². The zero-order valence-corrected chi connectivity index (χ0v) is 15.8. The number of rotatable bonds is 0. The lowest BCUT2D eigenvalue weighted by Gasteiger charge is -2.49. The van der Waals surface area contributed by atoms with E-state index in [0.717, 1.165) is 0 Å². The van der Waals surface area contributed by atoms with E-state index < -0.39 is 35.3 Å². The van der Waals surface area contributed by atoms with Crippen LogP contribution in [0.2, 0.25) is 0 Å². The average molecular weight is 365 g/mol. The lowest BCUT2D eigenvalue weighted by Crippen LogP contribution is -2.69. The summed E-state index contributed by atoms with van der Waals surface area (Å²) in [4.78, 5) is 25.1. The maximum atomic E-state index is 13.8. The topological polar surface area (TPSA) is 95.9 Å². The van der Waals surface area contributed by atoms with Crippen molar-refractivity contribution in [2.75, 3.05) is 26.7 Å². The fourth-order valence-electron chi connectivity index (χ4n) is 4.19. The minimum atomic E-state index is -1.77. The summed E-state index contributed by atoms with van der Waals surface area (Å²) >= 11 is 0. The van der Waals surface area contributed by atoms with E-state index in [1.165, 1.54) is 6.92 Å². The first-order valence-corrected chi connectivity index (χ1v) is 9.06. The summed E-state index contributed by atoms with van der Waals surface area (Å²) in [7, 11) is 1.84. The summed E-state index contributed by atoms with van der Waals surface area (Å²) in [6, 6.07) is 0. The Kier molecular flexibility index (Phi) is 4.53. The third-order valence-electron chi connectivity index (χ3n) is 6.44. The fraction of sp³-hybridized carbons (Fsp3) is 0.684. The van der Waals surface area contributed by atoms with Crippen molar-refractivity contribution in [2.45, 2.75) is 51.0 Å². The van der Waals surface area contributed by atoms with Gasteiger partial charge in [0.1, 0.15) is 6.61 Å². The van der Waals surface area contributed by atoms with Gasteiger partial charge in [-0.05, 0) is 32.3 Å². The molecule has 2 saturated heterocycles. The molecule has 0 amide bonds. The summed E-state index contributed by atoms with van der Waals surface area (Å²) in [5.74, 6) is -1.88. The second-order valence-electron chi connectivity index (χ2n) is 8.05. The van der Waals surface area contributed by atoms with Gasteiger partial charge in [-0.3, -0.25) is 0 Å². The van der Waals surface area contributed by atoms with E-state index in [2.05, 4.69) is 0 Å². The van der Waals surface area contributed by atoms with Crippen LogP contribution in [0.1, 0.15) is 33.6 Å². The Labute approximate surface area is 153 Å². The number of likely N-dealkylation sites (N-methyl/N-ethyl adjacent to an activating group) is 1. The van der Waals surface area contributed by atoms with Crippen molar-refractivity contribution < 1.29 is 33.8 Å². The molecule has 0 saturated carbocycles. The summed E-state index contributed by atoms with van der Waals surface area (Å²) in [6.45, 7) is 5.66. The predicted octanol–water partition coefficient (Wildman–Crippen LogP) is 0.0254. The molecule has 144 valence electrons. The summed E-state index contributed by atoms with van der Waals surface area (Å²) in [6.07, 6.45) is 3.21. The molecule has 3 heterocycles. The van der Waals surface area contributed by atoms with Crippen molar-refractivity contribution in [2.24, 2.45) is 5.92 Å².